The van der Waals surface area contributed by atoms with Gasteiger partial charge >= 0.3 is 0 Å². The summed E-state index contributed by atoms with van der Waals surface area (Å²) in [7, 11) is -3.46. The van der Waals surface area contributed by atoms with Crippen LogP contribution >= 0.6 is 0 Å². The van der Waals surface area contributed by atoms with Crippen molar-refractivity contribution in [3.05, 3.63) is 24.0 Å². The molecule has 0 bridgehead atoms. The van der Waals surface area contributed by atoms with Crippen LogP contribution in [-0.4, -0.2) is 33.2 Å². The number of hydrogen-bond acceptors (Lipinski definition) is 4. The van der Waals surface area contributed by atoms with E-state index in [9.17, 15) is 17.6 Å². The van der Waals surface area contributed by atoms with E-state index in [-0.39, 0.29) is 17.3 Å². The predicted octanol–water partition coefficient (Wildman–Crippen LogP) is 0.261. The lowest BCUT2D eigenvalue weighted by Crippen LogP contribution is -2.34. The lowest BCUT2D eigenvalue weighted by atomic mass is 10.2. The van der Waals surface area contributed by atoms with Crippen molar-refractivity contribution in [2.75, 3.05) is 22.4 Å². The lowest BCUT2D eigenvalue weighted by Gasteiger charge is -2.17. The van der Waals surface area contributed by atoms with E-state index in [0.717, 1.165) is 12.3 Å². The zero-order chi connectivity index (χ0) is 14.2. The quantitative estimate of drug-likeness (QED) is 0.834. The largest absolute Gasteiger partial charge is 0.320 e. The Hall–Kier alpha value is -1.67. The van der Waals surface area contributed by atoms with Crippen molar-refractivity contribution in [3.63, 3.8) is 0 Å². The van der Waals surface area contributed by atoms with Crippen LogP contribution in [0, 0.1) is 5.82 Å². The number of nitrogens with two attached hydrogens (primary N) is 1. The summed E-state index contributed by atoms with van der Waals surface area (Å²) in [5.41, 5.74) is 5.78. The molecule has 1 aliphatic rings. The van der Waals surface area contributed by atoms with E-state index in [1.165, 1.54) is 17.0 Å². The van der Waals surface area contributed by atoms with Crippen molar-refractivity contribution in [1.82, 2.24) is 0 Å². The van der Waals surface area contributed by atoms with Gasteiger partial charge in [-0.2, -0.15) is 0 Å². The molecule has 1 fully saturated rings. The normalized spacial score (nSPS) is 19.8. The Labute approximate surface area is 110 Å². The van der Waals surface area contributed by atoms with Crippen molar-refractivity contribution in [2.24, 2.45) is 5.73 Å². The van der Waals surface area contributed by atoms with Crippen LogP contribution in [0.5, 0.6) is 0 Å². The molecular weight excluding hydrogens is 273 g/mol. The van der Waals surface area contributed by atoms with E-state index in [4.69, 9.17) is 5.73 Å². The Bertz CT molecular complexity index is 618. The summed E-state index contributed by atoms with van der Waals surface area (Å²) in [6.45, 7) is 0.357. The van der Waals surface area contributed by atoms with Gasteiger partial charge in [-0.05, 0) is 18.6 Å². The molecule has 0 radical (unpaired) electrons. The Balaban J connectivity index is 2.28. The van der Waals surface area contributed by atoms with Crippen LogP contribution in [0.25, 0.3) is 0 Å². The molecule has 0 spiro atoms. The highest BCUT2D eigenvalue weighted by atomic mass is 32.2. The number of rotatable bonds is 3. The van der Waals surface area contributed by atoms with E-state index < -0.39 is 21.9 Å². The summed E-state index contributed by atoms with van der Waals surface area (Å²) >= 11 is 0. The number of nitrogens with zero attached hydrogens (tertiary/aromatic N) is 1. The molecule has 2 rings (SSSR count). The van der Waals surface area contributed by atoms with Crippen molar-refractivity contribution >= 4 is 27.3 Å². The molecule has 0 aromatic heterocycles. The highest BCUT2D eigenvalue weighted by Crippen LogP contribution is 2.26. The van der Waals surface area contributed by atoms with Gasteiger partial charge in [0.05, 0.1) is 23.7 Å². The standard InChI is InChI=1S/C11H14FN3O3S/c1-19(17,18)14-7-2-3-10(8(12)6-7)15-5-4-9(13)11(15)16/h2-3,6,9,14H,4-5,13H2,1H3/t9-/m0/s1. The van der Waals surface area contributed by atoms with Gasteiger partial charge in [-0.15, -0.1) is 0 Å². The number of amides is 1. The number of nitrogens with one attached hydrogen (secondary N) is 1. The van der Waals surface area contributed by atoms with Gasteiger partial charge in [0.2, 0.25) is 15.9 Å². The van der Waals surface area contributed by atoms with Crippen molar-refractivity contribution in [3.8, 4) is 0 Å². The van der Waals surface area contributed by atoms with E-state index in [1.807, 2.05) is 0 Å². The Morgan fingerprint density at radius 1 is 1.47 bits per heavy atom. The minimum Gasteiger partial charge on any atom is -0.320 e. The molecular formula is C11H14FN3O3S. The summed E-state index contributed by atoms with van der Waals surface area (Å²) in [4.78, 5) is 13.0. The summed E-state index contributed by atoms with van der Waals surface area (Å²) in [6.07, 6.45) is 1.45. The molecule has 19 heavy (non-hydrogen) atoms. The molecule has 8 heteroatoms. The molecule has 1 aromatic carbocycles. The predicted molar refractivity (Wildman–Crippen MR) is 69.8 cm³/mol. The summed E-state index contributed by atoms with van der Waals surface area (Å²) in [5, 5.41) is 0. The molecule has 1 aromatic rings. The van der Waals surface area contributed by atoms with E-state index in [0.29, 0.717) is 13.0 Å². The fraction of sp³-hybridized carbons (Fsp3) is 0.364. The van der Waals surface area contributed by atoms with Crippen molar-refractivity contribution in [1.29, 1.82) is 0 Å². The Kier molecular flexibility index (Phi) is 3.46. The van der Waals surface area contributed by atoms with E-state index >= 15 is 0 Å². The van der Waals surface area contributed by atoms with E-state index in [1.54, 1.807) is 0 Å². The second-order valence-corrected chi connectivity index (χ2v) is 6.17. The molecule has 3 N–H and O–H groups in total. The van der Waals surface area contributed by atoms with Gasteiger partial charge in [0.1, 0.15) is 5.82 Å². The van der Waals surface area contributed by atoms with Gasteiger partial charge in [-0.1, -0.05) is 0 Å². The third-order valence-corrected chi connectivity index (χ3v) is 3.40. The number of halogens is 1. The van der Waals surface area contributed by atoms with Gasteiger partial charge in [0, 0.05) is 12.6 Å². The maximum atomic E-state index is 13.9. The van der Waals surface area contributed by atoms with Crippen molar-refractivity contribution in [2.45, 2.75) is 12.5 Å². The first-order valence-corrected chi connectivity index (χ1v) is 7.51. The lowest BCUT2D eigenvalue weighted by molar-refractivity contribution is -0.118. The highest BCUT2D eigenvalue weighted by molar-refractivity contribution is 7.92. The van der Waals surface area contributed by atoms with Gasteiger partial charge in [0.15, 0.2) is 0 Å². The summed E-state index contributed by atoms with van der Waals surface area (Å²) < 4.78 is 38.1. The van der Waals surface area contributed by atoms with Crippen LogP contribution in [0.15, 0.2) is 18.2 Å². The Morgan fingerprint density at radius 3 is 2.63 bits per heavy atom. The van der Waals surface area contributed by atoms with Gasteiger partial charge in [0.25, 0.3) is 0 Å². The second kappa shape index (κ2) is 4.78. The van der Waals surface area contributed by atoms with Crippen LogP contribution in [0.1, 0.15) is 6.42 Å². The van der Waals surface area contributed by atoms with Crippen LogP contribution in [0.3, 0.4) is 0 Å². The molecule has 6 nitrogen and oxygen atoms in total. The molecule has 0 saturated carbocycles. The molecule has 1 amide bonds. The number of hydrogen-bond donors (Lipinski definition) is 2. The third-order valence-electron chi connectivity index (χ3n) is 2.79. The monoisotopic (exact) mass is 287 g/mol. The zero-order valence-electron chi connectivity index (χ0n) is 10.3. The van der Waals surface area contributed by atoms with Gasteiger partial charge < -0.3 is 10.6 Å². The van der Waals surface area contributed by atoms with Crippen LogP contribution in [0.4, 0.5) is 15.8 Å². The summed E-state index contributed by atoms with van der Waals surface area (Å²) in [5.74, 6) is -1.00. The molecule has 0 unspecified atom stereocenters. The summed E-state index contributed by atoms with van der Waals surface area (Å²) in [6, 6.07) is 3.19. The molecule has 0 aliphatic carbocycles. The molecule has 1 heterocycles. The number of anilines is 2. The van der Waals surface area contributed by atoms with Crippen LogP contribution < -0.4 is 15.4 Å². The Morgan fingerprint density at radius 2 is 2.16 bits per heavy atom. The fourth-order valence-electron chi connectivity index (χ4n) is 1.94. The first-order valence-electron chi connectivity index (χ1n) is 5.62. The molecule has 1 atom stereocenters. The maximum Gasteiger partial charge on any atom is 0.244 e. The number of benzene rings is 1. The minimum absolute atomic E-state index is 0.108. The number of carbonyl (C=O) groups excluding carboxylic acids is 1. The number of sulfonamides is 1. The smallest absolute Gasteiger partial charge is 0.244 e. The average Bonchev–Trinajstić information content (AvgIpc) is 2.58. The van der Waals surface area contributed by atoms with E-state index in [2.05, 4.69) is 4.72 Å². The first kappa shape index (κ1) is 13.8. The van der Waals surface area contributed by atoms with Crippen LogP contribution in [-0.2, 0) is 14.8 Å². The topological polar surface area (TPSA) is 92.5 Å². The molecule has 1 saturated heterocycles. The van der Waals surface area contributed by atoms with Crippen molar-refractivity contribution < 1.29 is 17.6 Å². The maximum absolute atomic E-state index is 13.9. The average molecular weight is 287 g/mol. The van der Waals surface area contributed by atoms with Gasteiger partial charge in [-0.3, -0.25) is 9.52 Å². The van der Waals surface area contributed by atoms with Crippen LogP contribution in [0.2, 0.25) is 0 Å². The molecule has 1 aliphatic heterocycles. The number of carbonyl (C=O) groups is 1. The SMILES string of the molecule is CS(=O)(=O)Nc1ccc(N2CC[C@H](N)C2=O)c(F)c1. The minimum atomic E-state index is -3.46. The van der Waals surface area contributed by atoms with Gasteiger partial charge in [-0.25, -0.2) is 12.8 Å². The second-order valence-electron chi connectivity index (χ2n) is 4.43. The molecule has 104 valence electrons. The third kappa shape index (κ3) is 3.02. The zero-order valence-corrected chi connectivity index (χ0v) is 11.1. The highest BCUT2D eigenvalue weighted by Gasteiger charge is 2.31. The first-order chi connectivity index (χ1) is 8.78. The fourth-order valence-corrected chi connectivity index (χ4v) is 2.50.